The molecule has 0 bridgehead atoms. The van der Waals surface area contributed by atoms with Crippen molar-refractivity contribution in [2.45, 2.75) is 43.3 Å². The van der Waals surface area contributed by atoms with Crippen molar-refractivity contribution in [1.82, 2.24) is 14.8 Å². The molecule has 1 aliphatic carbocycles. The highest BCUT2D eigenvalue weighted by Gasteiger charge is 2.32. The summed E-state index contributed by atoms with van der Waals surface area (Å²) in [5.74, 6) is 1.11. The summed E-state index contributed by atoms with van der Waals surface area (Å²) in [5, 5.41) is 21.4. The van der Waals surface area contributed by atoms with Crippen LogP contribution >= 0.6 is 11.8 Å². The van der Waals surface area contributed by atoms with Crippen LogP contribution in [0.15, 0.2) is 29.4 Å². The van der Waals surface area contributed by atoms with Gasteiger partial charge in [0.1, 0.15) is 0 Å². The van der Waals surface area contributed by atoms with Gasteiger partial charge in [0.2, 0.25) is 11.9 Å². The highest BCUT2D eigenvalue weighted by Crippen LogP contribution is 2.41. The number of piperidine rings is 1. The minimum atomic E-state index is -0.111. The lowest BCUT2D eigenvalue weighted by Gasteiger charge is -2.27. The predicted octanol–water partition coefficient (Wildman–Crippen LogP) is 3.21. The van der Waals surface area contributed by atoms with Crippen molar-refractivity contribution < 1.29 is 4.79 Å². The summed E-state index contributed by atoms with van der Waals surface area (Å²) in [5.41, 5.74) is 1.16. The van der Waals surface area contributed by atoms with Crippen molar-refractivity contribution >= 4 is 29.3 Å². The first-order valence-corrected chi connectivity index (χ1v) is 10.4. The van der Waals surface area contributed by atoms with Crippen molar-refractivity contribution in [2.75, 3.05) is 29.1 Å². The van der Waals surface area contributed by atoms with E-state index >= 15 is 0 Å². The van der Waals surface area contributed by atoms with Crippen LogP contribution in [0.4, 0.5) is 11.6 Å². The van der Waals surface area contributed by atoms with Gasteiger partial charge in [-0.25, -0.2) is 0 Å². The van der Waals surface area contributed by atoms with E-state index in [1.54, 1.807) is 24.3 Å². The second-order valence-corrected chi connectivity index (χ2v) is 7.90. The first-order chi connectivity index (χ1) is 13.2. The van der Waals surface area contributed by atoms with Crippen molar-refractivity contribution in [3.05, 3.63) is 29.8 Å². The average Bonchev–Trinajstić information content (AvgIpc) is 3.46. The molecular weight excluding hydrogens is 360 g/mol. The quantitative estimate of drug-likeness (QED) is 0.772. The number of aromatic nitrogens is 3. The van der Waals surface area contributed by atoms with E-state index in [1.165, 1.54) is 31.0 Å². The van der Waals surface area contributed by atoms with Crippen molar-refractivity contribution in [3.63, 3.8) is 0 Å². The number of thioether (sulfide) groups is 1. The Labute approximate surface area is 162 Å². The van der Waals surface area contributed by atoms with Crippen molar-refractivity contribution in [3.8, 4) is 6.07 Å². The third-order valence-corrected chi connectivity index (χ3v) is 5.75. The van der Waals surface area contributed by atoms with Gasteiger partial charge in [0.05, 0.1) is 17.4 Å². The summed E-state index contributed by atoms with van der Waals surface area (Å²) in [6, 6.07) is 9.47. The Morgan fingerprint density at radius 1 is 1.26 bits per heavy atom. The molecule has 2 aliphatic rings. The Bertz CT molecular complexity index is 863. The summed E-state index contributed by atoms with van der Waals surface area (Å²) in [6.45, 7) is 2.07. The van der Waals surface area contributed by atoms with E-state index in [1.807, 2.05) is 0 Å². The molecule has 1 aromatic carbocycles. The summed E-state index contributed by atoms with van der Waals surface area (Å²) in [7, 11) is 0. The molecule has 1 aromatic heterocycles. The van der Waals surface area contributed by atoms with Gasteiger partial charge < -0.3 is 10.2 Å². The monoisotopic (exact) mass is 382 g/mol. The maximum Gasteiger partial charge on any atom is 0.234 e. The number of nitriles is 1. The minimum absolute atomic E-state index is 0.111. The number of rotatable bonds is 6. The van der Waals surface area contributed by atoms with E-state index in [2.05, 4.69) is 31.1 Å². The first kappa shape index (κ1) is 17.9. The third-order valence-electron chi connectivity index (χ3n) is 4.81. The largest absolute Gasteiger partial charge is 0.341 e. The van der Waals surface area contributed by atoms with Crippen LogP contribution in [0.3, 0.4) is 0 Å². The zero-order valence-electron chi connectivity index (χ0n) is 15.1. The number of carbonyl (C=O) groups is 1. The molecular formula is C19H22N6OS. The number of benzene rings is 1. The van der Waals surface area contributed by atoms with Gasteiger partial charge in [-0.3, -0.25) is 9.36 Å². The van der Waals surface area contributed by atoms with E-state index in [0.717, 1.165) is 37.0 Å². The van der Waals surface area contributed by atoms with Crippen molar-refractivity contribution in [2.24, 2.45) is 0 Å². The van der Waals surface area contributed by atoms with E-state index in [4.69, 9.17) is 5.26 Å². The second-order valence-electron chi connectivity index (χ2n) is 6.96. The molecule has 0 radical (unpaired) electrons. The van der Waals surface area contributed by atoms with Crippen LogP contribution in [-0.4, -0.2) is 39.5 Å². The maximum atomic E-state index is 12.3. The minimum Gasteiger partial charge on any atom is -0.341 e. The van der Waals surface area contributed by atoms with Crippen molar-refractivity contribution in [1.29, 1.82) is 5.26 Å². The van der Waals surface area contributed by atoms with Crippen LogP contribution in [0.25, 0.3) is 0 Å². The van der Waals surface area contributed by atoms with Crippen LogP contribution in [0, 0.1) is 11.3 Å². The van der Waals surface area contributed by atoms with E-state index in [-0.39, 0.29) is 11.7 Å². The van der Waals surface area contributed by atoms with Gasteiger partial charge in [-0.15, -0.1) is 10.2 Å². The fourth-order valence-corrected chi connectivity index (χ4v) is 4.12. The van der Waals surface area contributed by atoms with Gasteiger partial charge in [0.25, 0.3) is 0 Å². The van der Waals surface area contributed by atoms with Crippen LogP contribution in [0.5, 0.6) is 0 Å². The number of carbonyl (C=O) groups excluding carboxylic acids is 1. The molecule has 1 saturated carbocycles. The van der Waals surface area contributed by atoms with Crippen LogP contribution in [0.2, 0.25) is 0 Å². The van der Waals surface area contributed by atoms with Gasteiger partial charge in [-0.1, -0.05) is 17.8 Å². The third kappa shape index (κ3) is 4.25. The molecule has 8 heteroatoms. The molecule has 2 heterocycles. The summed E-state index contributed by atoms with van der Waals surface area (Å²) >= 11 is 1.42. The zero-order chi connectivity index (χ0) is 18.6. The Kier molecular flexibility index (Phi) is 5.30. The molecule has 1 saturated heterocycles. The SMILES string of the molecule is N#Cc1cccc(NC(=O)CSc2nnc(N3CCCCC3)n2C2CC2)c1. The predicted molar refractivity (Wildman–Crippen MR) is 105 cm³/mol. The van der Waals surface area contributed by atoms with Gasteiger partial charge in [0, 0.05) is 24.8 Å². The average molecular weight is 382 g/mol. The lowest BCUT2D eigenvalue weighted by atomic mass is 10.1. The van der Waals surface area contributed by atoms with E-state index in [9.17, 15) is 4.79 Å². The van der Waals surface area contributed by atoms with E-state index in [0.29, 0.717) is 17.3 Å². The summed E-state index contributed by atoms with van der Waals surface area (Å²) < 4.78 is 2.22. The van der Waals surface area contributed by atoms with Gasteiger partial charge in [0.15, 0.2) is 5.16 Å². The Morgan fingerprint density at radius 2 is 2.07 bits per heavy atom. The molecule has 7 nitrogen and oxygen atoms in total. The molecule has 1 N–H and O–H groups in total. The van der Waals surface area contributed by atoms with Gasteiger partial charge >= 0.3 is 0 Å². The highest BCUT2D eigenvalue weighted by atomic mass is 32.2. The molecule has 140 valence electrons. The number of amides is 1. The Hall–Kier alpha value is -2.53. The number of anilines is 2. The van der Waals surface area contributed by atoms with Crippen LogP contribution in [0.1, 0.15) is 43.7 Å². The molecule has 0 unspecified atom stereocenters. The smallest absolute Gasteiger partial charge is 0.234 e. The Balaban J connectivity index is 1.41. The number of nitrogens with zero attached hydrogens (tertiary/aromatic N) is 5. The molecule has 2 aromatic rings. The standard InChI is InChI=1S/C19H22N6OS/c20-12-14-5-4-6-15(11-14)21-17(26)13-27-19-23-22-18(25(19)16-7-8-16)24-9-2-1-3-10-24/h4-6,11,16H,1-3,7-10,13H2,(H,21,26). The van der Waals surface area contributed by atoms with Gasteiger partial charge in [-0.2, -0.15) is 5.26 Å². The fourth-order valence-electron chi connectivity index (χ4n) is 3.32. The molecule has 27 heavy (non-hydrogen) atoms. The number of nitrogens with one attached hydrogen (secondary N) is 1. The zero-order valence-corrected chi connectivity index (χ0v) is 15.9. The Morgan fingerprint density at radius 3 is 2.81 bits per heavy atom. The molecule has 0 atom stereocenters. The summed E-state index contributed by atoms with van der Waals surface area (Å²) in [4.78, 5) is 14.6. The molecule has 4 rings (SSSR count). The fraction of sp³-hybridized carbons (Fsp3) is 0.474. The topological polar surface area (TPSA) is 86.8 Å². The highest BCUT2D eigenvalue weighted by molar-refractivity contribution is 7.99. The maximum absolute atomic E-state index is 12.3. The lowest BCUT2D eigenvalue weighted by Crippen LogP contribution is -2.32. The summed E-state index contributed by atoms with van der Waals surface area (Å²) in [6.07, 6.45) is 5.98. The normalized spacial score (nSPS) is 16.8. The van der Waals surface area contributed by atoms with E-state index < -0.39 is 0 Å². The second kappa shape index (κ2) is 8.01. The van der Waals surface area contributed by atoms with Gasteiger partial charge in [-0.05, 0) is 50.3 Å². The molecule has 0 spiro atoms. The van der Waals surface area contributed by atoms with Crippen LogP contribution in [-0.2, 0) is 4.79 Å². The number of hydrogen-bond donors (Lipinski definition) is 1. The lowest BCUT2D eigenvalue weighted by molar-refractivity contribution is -0.113. The molecule has 2 fully saturated rings. The molecule has 1 aliphatic heterocycles. The number of hydrogen-bond acceptors (Lipinski definition) is 6. The molecule has 1 amide bonds. The first-order valence-electron chi connectivity index (χ1n) is 9.37. The van der Waals surface area contributed by atoms with Crippen LogP contribution < -0.4 is 10.2 Å².